The van der Waals surface area contributed by atoms with Crippen molar-refractivity contribution in [2.24, 2.45) is 0 Å². The summed E-state index contributed by atoms with van der Waals surface area (Å²) in [6.45, 7) is 5.00. The zero-order valence-electron chi connectivity index (χ0n) is 9.68. The molecule has 1 rings (SSSR count). The van der Waals surface area contributed by atoms with Crippen LogP contribution in [0.4, 0.5) is 0 Å². The first-order valence-corrected chi connectivity index (χ1v) is 8.18. The largest absolute Gasteiger partial charge is 0.384 e. The van der Waals surface area contributed by atoms with Gasteiger partial charge in [0.2, 0.25) is 0 Å². The average molecular weight is 270 g/mol. The Morgan fingerprint density at radius 1 is 1.38 bits per heavy atom. The first-order chi connectivity index (χ1) is 7.54. The van der Waals surface area contributed by atoms with E-state index in [2.05, 4.69) is 0 Å². The lowest BCUT2D eigenvalue weighted by molar-refractivity contribution is -0.162. The van der Waals surface area contributed by atoms with Gasteiger partial charge >= 0.3 is 7.60 Å². The van der Waals surface area contributed by atoms with Crippen molar-refractivity contribution in [2.75, 3.05) is 37.7 Å². The van der Waals surface area contributed by atoms with Crippen LogP contribution in [0.3, 0.4) is 0 Å². The second-order valence-electron chi connectivity index (χ2n) is 3.64. The number of hydrogen-bond acceptors (Lipinski definition) is 6. The monoisotopic (exact) mass is 270 g/mol. The molecule has 16 heavy (non-hydrogen) atoms. The zero-order valence-corrected chi connectivity index (χ0v) is 11.4. The molecule has 1 heterocycles. The minimum atomic E-state index is -2.98. The summed E-state index contributed by atoms with van der Waals surface area (Å²) in [6, 6.07) is 0. The first-order valence-electron chi connectivity index (χ1n) is 5.29. The first kappa shape index (κ1) is 14.5. The number of thioether (sulfide) groups is 1. The lowest BCUT2D eigenvalue weighted by Crippen LogP contribution is -2.51. The van der Waals surface area contributed by atoms with Crippen LogP contribution in [0.2, 0.25) is 0 Å². The van der Waals surface area contributed by atoms with E-state index in [4.69, 9.17) is 13.8 Å². The molecule has 0 aliphatic carbocycles. The van der Waals surface area contributed by atoms with Gasteiger partial charge in [-0.3, -0.25) is 4.57 Å². The Hall–Kier alpha value is 0.420. The molecule has 0 aromatic carbocycles. The van der Waals surface area contributed by atoms with Crippen LogP contribution in [0.15, 0.2) is 0 Å². The molecule has 0 aromatic rings. The summed E-state index contributed by atoms with van der Waals surface area (Å²) in [5, 5.41) is 9.75. The van der Waals surface area contributed by atoms with E-state index in [0.717, 1.165) is 0 Å². The van der Waals surface area contributed by atoms with Gasteiger partial charge in [0.15, 0.2) is 0 Å². The third kappa shape index (κ3) is 4.35. The standard InChI is InChI=1S/C9H19O5PS/c1-3-13-15(11,14-4-2)8-16-7-9(10)5-12-6-9/h10H,3-8H2,1-2H3. The Morgan fingerprint density at radius 3 is 2.31 bits per heavy atom. The molecular weight excluding hydrogens is 251 g/mol. The summed E-state index contributed by atoms with van der Waals surface area (Å²) < 4.78 is 27.2. The molecule has 0 bridgehead atoms. The minimum absolute atomic E-state index is 0.275. The number of aliphatic hydroxyl groups is 1. The van der Waals surface area contributed by atoms with Crippen LogP contribution in [-0.4, -0.2) is 48.4 Å². The zero-order chi connectivity index (χ0) is 12.1. The van der Waals surface area contributed by atoms with Crippen molar-refractivity contribution in [3.8, 4) is 0 Å². The molecule has 0 saturated carbocycles. The predicted molar refractivity (Wildman–Crippen MR) is 64.0 cm³/mol. The van der Waals surface area contributed by atoms with E-state index in [1.807, 2.05) is 0 Å². The molecule has 1 aliphatic rings. The second-order valence-corrected chi connectivity index (χ2v) is 7.11. The van der Waals surface area contributed by atoms with Gasteiger partial charge in [0.1, 0.15) is 5.60 Å². The Bertz CT molecular complexity index is 246. The molecular formula is C9H19O5PS. The van der Waals surface area contributed by atoms with Gasteiger partial charge in [-0.05, 0) is 13.8 Å². The molecule has 0 unspecified atom stereocenters. The number of rotatable bonds is 8. The van der Waals surface area contributed by atoms with E-state index in [1.54, 1.807) is 13.8 Å². The van der Waals surface area contributed by atoms with Gasteiger partial charge in [-0.1, -0.05) is 0 Å². The van der Waals surface area contributed by atoms with E-state index in [1.165, 1.54) is 11.8 Å². The molecule has 5 nitrogen and oxygen atoms in total. The van der Waals surface area contributed by atoms with Crippen LogP contribution in [0.5, 0.6) is 0 Å². The molecule has 0 atom stereocenters. The quantitative estimate of drug-likeness (QED) is 0.677. The van der Waals surface area contributed by atoms with Crippen molar-refractivity contribution in [2.45, 2.75) is 19.4 Å². The predicted octanol–water partition coefficient (Wildman–Crippen LogP) is 1.70. The fourth-order valence-electron chi connectivity index (χ4n) is 1.27. The molecule has 96 valence electrons. The molecule has 1 aliphatic heterocycles. The summed E-state index contributed by atoms with van der Waals surface area (Å²) in [6.07, 6.45) is 0. The summed E-state index contributed by atoms with van der Waals surface area (Å²) in [4.78, 5) is 0. The van der Waals surface area contributed by atoms with Gasteiger partial charge in [0, 0.05) is 5.75 Å². The Labute approximate surface area is 100 Å². The van der Waals surface area contributed by atoms with E-state index in [-0.39, 0.29) is 5.49 Å². The highest BCUT2D eigenvalue weighted by Crippen LogP contribution is 2.51. The third-order valence-electron chi connectivity index (χ3n) is 2.01. The summed E-state index contributed by atoms with van der Waals surface area (Å²) in [5.74, 6) is 0.497. The van der Waals surface area contributed by atoms with Gasteiger partial charge in [-0.2, -0.15) is 0 Å². The smallest absolute Gasteiger partial charge is 0.340 e. The van der Waals surface area contributed by atoms with E-state index in [0.29, 0.717) is 32.2 Å². The van der Waals surface area contributed by atoms with E-state index < -0.39 is 13.2 Å². The molecule has 1 saturated heterocycles. The highest BCUT2D eigenvalue weighted by atomic mass is 32.2. The van der Waals surface area contributed by atoms with Gasteiger partial charge in [0.05, 0.1) is 31.9 Å². The van der Waals surface area contributed by atoms with E-state index >= 15 is 0 Å². The molecule has 1 fully saturated rings. The average Bonchev–Trinajstić information content (AvgIpc) is 2.16. The van der Waals surface area contributed by atoms with Crippen LogP contribution in [0, 0.1) is 0 Å². The molecule has 0 spiro atoms. The minimum Gasteiger partial charge on any atom is -0.384 e. The van der Waals surface area contributed by atoms with Crippen LogP contribution in [0.25, 0.3) is 0 Å². The highest BCUT2D eigenvalue weighted by Gasteiger charge is 2.37. The summed E-state index contributed by atoms with van der Waals surface area (Å²) >= 11 is 1.38. The van der Waals surface area contributed by atoms with Gasteiger partial charge in [0.25, 0.3) is 0 Å². The van der Waals surface area contributed by atoms with Crippen molar-refractivity contribution in [1.29, 1.82) is 0 Å². The normalized spacial score (nSPS) is 19.4. The summed E-state index contributed by atoms with van der Waals surface area (Å²) in [7, 11) is -2.98. The van der Waals surface area contributed by atoms with Crippen LogP contribution < -0.4 is 0 Å². The maximum atomic E-state index is 12.0. The van der Waals surface area contributed by atoms with Crippen molar-refractivity contribution in [3.05, 3.63) is 0 Å². The maximum Gasteiger partial charge on any atom is 0.340 e. The SMILES string of the molecule is CCOP(=O)(CSCC1(O)COC1)OCC. The van der Waals surface area contributed by atoms with Crippen LogP contribution in [-0.2, 0) is 18.3 Å². The van der Waals surface area contributed by atoms with Gasteiger partial charge < -0.3 is 18.9 Å². The molecule has 0 amide bonds. The van der Waals surface area contributed by atoms with Crippen LogP contribution >= 0.6 is 19.4 Å². The Balaban J connectivity index is 2.29. The molecule has 7 heteroatoms. The maximum absolute atomic E-state index is 12.0. The third-order valence-corrected chi connectivity index (χ3v) is 6.05. The fraction of sp³-hybridized carbons (Fsp3) is 1.00. The highest BCUT2D eigenvalue weighted by molar-refractivity contribution is 8.04. The Kier molecular flexibility index (Phi) is 5.77. The second kappa shape index (κ2) is 6.38. The van der Waals surface area contributed by atoms with Crippen molar-refractivity contribution < 1.29 is 23.5 Å². The number of ether oxygens (including phenoxy) is 1. The number of hydrogen-bond donors (Lipinski definition) is 1. The summed E-state index contributed by atoms with van der Waals surface area (Å²) in [5.41, 5.74) is -0.481. The van der Waals surface area contributed by atoms with Gasteiger partial charge in [-0.15, -0.1) is 11.8 Å². The lowest BCUT2D eigenvalue weighted by Gasteiger charge is -2.36. The van der Waals surface area contributed by atoms with Crippen LogP contribution in [0.1, 0.15) is 13.8 Å². The van der Waals surface area contributed by atoms with Gasteiger partial charge in [-0.25, -0.2) is 0 Å². The van der Waals surface area contributed by atoms with Crippen molar-refractivity contribution in [3.63, 3.8) is 0 Å². The lowest BCUT2D eigenvalue weighted by atomic mass is 10.1. The van der Waals surface area contributed by atoms with Crippen molar-refractivity contribution >= 4 is 19.4 Å². The van der Waals surface area contributed by atoms with Crippen molar-refractivity contribution in [1.82, 2.24) is 0 Å². The Morgan fingerprint density at radius 2 is 1.94 bits per heavy atom. The molecule has 0 aromatic heterocycles. The van der Waals surface area contributed by atoms with E-state index in [9.17, 15) is 9.67 Å². The topological polar surface area (TPSA) is 65.0 Å². The fourth-order valence-corrected chi connectivity index (χ4v) is 4.54. The molecule has 0 radical (unpaired) electrons. The molecule has 1 N–H and O–H groups in total.